The van der Waals surface area contributed by atoms with Gasteiger partial charge in [0, 0.05) is 17.6 Å². The number of rotatable bonds is 12. The van der Waals surface area contributed by atoms with Gasteiger partial charge in [0.15, 0.2) is 0 Å². The number of hydrogen-bond donors (Lipinski definition) is 2. The van der Waals surface area contributed by atoms with Crippen LogP contribution in [0.25, 0.3) is 0 Å². The molecule has 1 aromatic carbocycles. The second kappa shape index (κ2) is 13.8. The second-order valence-corrected chi connectivity index (χ2v) is 11.9. The molecular weight excluding hydrogens is 486 g/mol. The highest BCUT2D eigenvalue weighted by atomic mass is 32.2. The van der Waals surface area contributed by atoms with Gasteiger partial charge in [-0.3, -0.25) is 9.59 Å². The number of nitrogens with one attached hydrogen (secondary N) is 2. The number of carbonyl (C=O) groups excluding carboxylic acids is 3. The van der Waals surface area contributed by atoms with E-state index >= 15 is 0 Å². The summed E-state index contributed by atoms with van der Waals surface area (Å²) in [6.45, 7) is 11.4. The average Bonchev–Trinajstić information content (AvgIpc) is 3.54. The highest BCUT2D eigenvalue weighted by molar-refractivity contribution is 7.98. The molecule has 1 aliphatic carbocycles. The van der Waals surface area contributed by atoms with Crippen LogP contribution in [0.4, 0.5) is 4.79 Å². The zero-order valence-electron chi connectivity index (χ0n) is 23.3. The number of hydrogen-bond acceptors (Lipinski definition) is 5. The van der Waals surface area contributed by atoms with E-state index in [9.17, 15) is 14.4 Å². The summed E-state index contributed by atoms with van der Waals surface area (Å²) in [5.74, 6) is 3.01. The monoisotopic (exact) mass is 529 g/mol. The van der Waals surface area contributed by atoms with Gasteiger partial charge in [-0.25, -0.2) is 4.79 Å². The molecule has 0 heterocycles. The predicted octanol–water partition coefficient (Wildman–Crippen LogP) is 4.90. The fourth-order valence-electron chi connectivity index (χ4n) is 4.32. The van der Waals surface area contributed by atoms with Gasteiger partial charge in [0.05, 0.1) is 0 Å². The van der Waals surface area contributed by atoms with E-state index in [1.54, 1.807) is 49.6 Å². The van der Waals surface area contributed by atoms with E-state index in [0.29, 0.717) is 23.3 Å². The normalized spacial score (nSPS) is 19.1. The number of ether oxygens (including phenoxy) is 1. The molecule has 8 heteroatoms. The maximum absolute atomic E-state index is 14.2. The fourth-order valence-corrected chi connectivity index (χ4v) is 4.79. The maximum Gasteiger partial charge on any atom is 0.408 e. The van der Waals surface area contributed by atoms with Gasteiger partial charge in [0.2, 0.25) is 11.8 Å². The van der Waals surface area contributed by atoms with Gasteiger partial charge >= 0.3 is 6.09 Å². The Morgan fingerprint density at radius 1 is 1.19 bits per heavy atom. The molecule has 2 N–H and O–H groups in total. The number of thioether (sulfide) groups is 1. The molecule has 5 atom stereocenters. The molecule has 1 aromatic rings. The van der Waals surface area contributed by atoms with Crippen LogP contribution >= 0.6 is 11.8 Å². The highest BCUT2D eigenvalue weighted by Crippen LogP contribution is 2.41. The Labute approximate surface area is 226 Å². The Morgan fingerprint density at radius 3 is 2.30 bits per heavy atom. The Kier molecular flexibility index (Phi) is 11.4. The van der Waals surface area contributed by atoms with Gasteiger partial charge in [0.1, 0.15) is 17.7 Å². The van der Waals surface area contributed by atoms with Gasteiger partial charge in [0.25, 0.3) is 0 Å². The van der Waals surface area contributed by atoms with Crippen molar-refractivity contribution in [3.8, 4) is 12.3 Å². The molecule has 1 fully saturated rings. The molecule has 3 amide bonds. The number of alkyl carbamates (subject to hydrolysis) is 1. The Hall–Kier alpha value is -2.66. The number of carbonyl (C=O) groups is 3. The summed E-state index contributed by atoms with van der Waals surface area (Å²) in [5.41, 5.74) is 0.691. The fraction of sp³-hybridized carbons (Fsp3) is 0.621. The summed E-state index contributed by atoms with van der Waals surface area (Å²) < 4.78 is 5.45. The van der Waals surface area contributed by atoms with E-state index in [1.807, 2.05) is 25.3 Å². The minimum Gasteiger partial charge on any atom is -0.444 e. The molecule has 1 saturated carbocycles. The first-order valence-electron chi connectivity index (χ1n) is 13.1. The van der Waals surface area contributed by atoms with E-state index in [2.05, 4.69) is 30.4 Å². The van der Waals surface area contributed by atoms with Crippen molar-refractivity contribution in [2.75, 3.05) is 12.0 Å². The molecule has 0 bridgehead atoms. The van der Waals surface area contributed by atoms with Crippen LogP contribution in [0, 0.1) is 18.3 Å². The Bertz CT molecular complexity index is 967. The van der Waals surface area contributed by atoms with E-state index in [1.165, 1.54) is 0 Å². The number of amides is 3. The second-order valence-electron chi connectivity index (χ2n) is 10.9. The van der Waals surface area contributed by atoms with E-state index in [-0.39, 0.29) is 29.8 Å². The van der Waals surface area contributed by atoms with Crippen molar-refractivity contribution in [2.24, 2.45) is 5.92 Å². The lowest BCUT2D eigenvalue weighted by molar-refractivity contribution is -0.143. The van der Waals surface area contributed by atoms with E-state index < -0.39 is 23.8 Å². The molecule has 204 valence electrons. The molecule has 0 radical (unpaired) electrons. The lowest BCUT2D eigenvalue weighted by Gasteiger charge is -2.35. The third-order valence-corrected chi connectivity index (χ3v) is 6.95. The number of nitrogens with zero attached hydrogens (tertiary/aromatic N) is 1. The molecule has 5 unspecified atom stereocenters. The lowest BCUT2D eigenvalue weighted by Crippen LogP contribution is -2.54. The lowest BCUT2D eigenvalue weighted by atomic mass is 10.00. The first-order chi connectivity index (χ1) is 17.4. The summed E-state index contributed by atoms with van der Waals surface area (Å²) in [5, 5.41) is 5.89. The summed E-state index contributed by atoms with van der Waals surface area (Å²) in [6.07, 6.45) is 9.84. The third kappa shape index (κ3) is 9.30. The van der Waals surface area contributed by atoms with Crippen LogP contribution in [0.2, 0.25) is 0 Å². The number of terminal acetylenes is 1. The standard InChI is InChI=1S/C29H43N3O4S/c1-9-11-20(4)30-26(33)25(22-14-12-21(10-2)13-15-22)32(24-18-19(24)3)27(34)23(16-17-37-8)31-28(35)36-29(5,6)7/h2,12-15,19-20,23-25H,9,11,16-18H2,1,3-8H3,(H,30,33)(H,31,35). The average molecular weight is 530 g/mol. The minimum atomic E-state index is -0.842. The molecule has 0 spiro atoms. The first-order valence-corrected chi connectivity index (χ1v) is 14.5. The highest BCUT2D eigenvalue weighted by Gasteiger charge is 2.48. The van der Waals surface area contributed by atoms with Crippen LogP contribution in [0.1, 0.15) is 84.4 Å². The van der Waals surface area contributed by atoms with E-state index in [4.69, 9.17) is 11.2 Å². The molecule has 0 aliphatic heterocycles. The summed E-state index contributed by atoms with van der Waals surface area (Å²) in [7, 11) is 0. The van der Waals surface area contributed by atoms with Crippen molar-refractivity contribution in [1.29, 1.82) is 0 Å². The third-order valence-electron chi connectivity index (χ3n) is 6.31. The van der Waals surface area contributed by atoms with Crippen molar-refractivity contribution in [1.82, 2.24) is 15.5 Å². The Balaban J connectivity index is 2.48. The van der Waals surface area contributed by atoms with Crippen LogP contribution in [-0.4, -0.2) is 58.5 Å². The number of benzene rings is 1. The van der Waals surface area contributed by atoms with Crippen molar-refractivity contribution in [2.45, 2.75) is 97.0 Å². The summed E-state index contributed by atoms with van der Waals surface area (Å²) in [4.78, 5) is 42.3. The van der Waals surface area contributed by atoms with Crippen LogP contribution < -0.4 is 10.6 Å². The van der Waals surface area contributed by atoms with Gasteiger partial charge < -0.3 is 20.3 Å². The molecule has 37 heavy (non-hydrogen) atoms. The molecule has 0 aromatic heterocycles. The van der Waals surface area contributed by atoms with Crippen LogP contribution in [0.5, 0.6) is 0 Å². The van der Waals surface area contributed by atoms with Crippen molar-refractivity contribution in [3.63, 3.8) is 0 Å². The molecule has 2 rings (SSSR count). The Morgan fingerprint density at radius 2 is 1.81 bits per heavy atom. The van der Waals surface area contributed by atoms with Crippen molar-refractivity contribution < 1.29 is 19.1 Å². The molecule has 1 aliphatic rings. The minimum absolute atomic E-state index is 0.0364. The summed E-state index contributed by atoms with van der Waals surface area (Å²) in [6, 6.07) is 5.40. The van der Waals surface area contributed by atoms with Crippen molar-refractivity contribution >= 4 is 29.7 Å². The van der Waals surface area contributed by atoms with Gasteiger partial charge in [-0.2, -0.15) is 11.8 Å². The predicted molar refractivity (Wildman–Crippen MR) is 150 cm³/mol. The summed E-state index contributed by atoms with van der Waals surface area (Å²) >= 11 is 1.59. The largest absolute Gasteiger partial charge is 0.444 e. The maximum atomic E-state index is 14.2. The van der Waals surface area contributed by atoms with Crippen LogP contribution in [0.3, 0.4) is 0 Å². The topological polar surface area (TPSA) is 87.7 Å². The van der Waals surface area contributed by atoms with Crippen molar-refractivity contribution in [3.05, 3.63) is 35.4 Å². The van der Waals surface area contributed by atoms with Gasteiger partial charge in [-0.05, 0) is 82.6 Å². The quantitative estimate of drug-likeness (QED) is 0.376. The van der Waals surface area contributed by atoms with Crippen LogP contribution in [0.15, 0.2) is 24.3 Å². The zero-order valence-corrected chi connectivity index (χ0v) is 24.1. The van der Waals surface area contributed by atoms with Gasteiger partial charge in [-0.15, -0.1) is 6.42 Å². The van der Waals surface area contributed by atoms with Gasteiger partial charge in [-0.1, -0.05) is 38.3 Å². The van der Waals surface area contributed by atoms with E-state index in [0.717, 1.165) is 19.3 Å². The molecule has 0 saturated heterocycles. The zero-order chi connectivity index (χ0) is 27.8. The first kappa shape index (κ1) is 30.6. The SMILES string of the molecule is C#Cc1ccc(C(C(=O)NC(C)CCC)N(C(=O)C(CCSC)NC(=O)OC(C)(C)C)C2CC2C)cc1. The molecular formula is C29H43N3O4S. The smallest absolute Gasteiger partial charge is 0.408 e. The molecule has 7 nitrogen and oxygen atoms in total. The van der Waals surface area contributed by atoms with Crippen LogP contribution in [-0.2, 0) is 14.3 Å².